The van der Waals surface area contributed by atoms with Crippen LogP contribution in [0.5, 0.6) is 0 Å². The molecule has 11 heteroatoms. The maximum absolute atomic E-state index is 15.1. The molecule has 5 rings (SSSR count). The molecule has 1 aliphatic heterocycles. The highest BCUT2D eigenvalue weighted by atomic mass is 19.1. The molecule has 4 aromatic rings. The number of hydrogen-bond donors (Lipinski definition) is 2. The smallest absolute Gasteiger partial charge is 0.221 e. The Bertz CT molecular complexity index is 1370. The summed E-state index contributed by atoms with van der Waals surface area (Å²) in [6.45, 7) is 3.79. The van der Waals surface area contributed by atoms with Crippen LogP contribution < -0.4 is 16.0 Å². The predicted molar refractivity (Wildman–Crippen MR) is 126 cm³/mol. The van der Waals surface area contributed by atoms with Gasteiger partial charge in [-0.25, -0.2) is 24.3 Å². The normalized spacial score (nSPS) is 13.8. The number of carbonyl (C=O) groups is 1. The number of nitrogens with two attached hydrogens (primary N) is 1. The summed E-state index contributed by atoms with van der Waals surface area (Å²) in [6, 6.07) is 6.56. The van der Waals surface area contributed by atoms with E-state index in [1.54, 1.807) is 36.8 Å². The number of hydrogen-bond acceptors (Lipinski definition) is 9. The van der Waals surface area contributed by atoms with Gasteiger partial charge in [0.05, 0.1) is 30.0 Å². The molecule has 3 aromatic heterocycles. The Morgan fingerprint density at radius 3 is 2.56 bits per heavy atom. The van der Waals surface area contributed by atoms with Crippen LogP contribution in [0.2, 0.25) is 0 Å². The molecule has 0 spiro atoms. The summed E-state index contributed by atoms with van der Waals surface area (Å²) in [6.07, 6.45) is 4.69. The third-order valence-electron chi connectivity index (χ3n) is 5.38. The van der Waals surface area contributed by atoms with E-state index in [-0.39, 0.29) is 17.5 Å². The number of benzene rings is 1. The molecule has 0 saturated carbocycles. The Kier molecular flexibility index (Phi) is 5.68. The second kappa shape index (κ2) is 8.94. The molecule has 0 bridgehead atoms. The van der Waals surface area contributed by atoms with Gasteiger partial charge >= 0.3 is 0 Å². The van der Waals surface area contributed by atoms with Crippen molar-refractivity contribution >= 4 is 34.4 Å². The van der Waals surface area contributed by atoms with Crippen LogP contribution in [-0.4, -0.2) is 57.1 Å². The first-order chi connectivity index (χ1) is 16.5. The van der Waals surface area contributed by atoms with E-state index in [4.69, 9.17) is 15.5 Å². The molecule has 0 atom stereocenters. The van der Waals surface area contributed by atoms with Crippen LogP contribution in [0, 0.1) is 5.82 Å². The second-order valence-electron chi connectivity index (χ2n) is 7.74. The number of fused-ring (bicyclic) bond motifs is 1. The lowest BCUT2D eigenvalue weighted by atomic mass is 10.1. The van der Waals surface area contributed by atoms with Crippen LogP contribution in [0.1, 0.15) is 6.92 Å². The summed E-state index contributed by atoms with van der Waals surface area (Å²) in [7, 11) is 0. The third kappa shape index (κ3) is 4.20. The first-order valence-electron chi connectivity index (χ1n) is 10.6. The van der Waals surface area contributed by atoms with Crippen LogP contribution in [0.4, 0.5) is 21.8 Å². The van der Waals surface area contributed by atoms with E-state index in [0.29, 0.717) is 65.7 Å². The lowest BCUT2D eigenvalue weighted by Gasteiger charge is -2.28. The van der Waals surface area contributed by atoms with Crippen LogP contribution >= 0.6 is 0 Å². The van der Waals surface area contributed by atoms with E-state index in [9.17, 15) is 4.79 Å². The molecule has 4 heterocycles. The summed E-state index contributed by atoms with van der Waals surface area (Å²) in [4.78, 5) is 35.6. The van der Waals surface area contributed by atoms with E-state index in [2.05, 4.69) is 30.2 Å². The largest absolute Gasteiger partial charge is 0.378 e. The Hall–Kier alpha value is -4.25. The van der Waals surface area contributed by atoms with E-state index >= 15 is 4.39 Å². The summed E-state index contributed by atoms with van der Waals surface area (Å²) < 4.78 is 20.6. The molecular weight excluding hydrogens is 439 g/mol. The summed E-state index contributed by atoms with van der Waals surface area (Å²) >= 11 is 0. The number of nitrogens with zero attached hydrogens (tertiary/aromatic N) is 6. The topological polar surface area (TPSA) is 132 Å². The lowest BCUT2D eigenvalue weighted by molar-refractivity contribution is -0.114. The summed E-state index contributed by atoms with van der Waals surface area (Å²) in [5.41, 5.74) is 8.25. The highest BCUT2D eigenvalue weighted by molar-refractivity contribution is 5.92. The zero-order chi connectivity index (χ0) is 23.7. The maximum atomic E-state index is 15.1. The number of amides is 1. The fraction of sp³-hybridized carbons (Fsp3) is 0.217. The number of nitrogen functional groups attached to an aromatic ring is 1. The maximum Gasteiger partial charge on any atom is 0.221 e. The van der Waals surface area contributed by atoms with Gasteiger partial charge in [-0.2, -0.15) is 0 Å². The Morgan fingerprint density at radius 2 is 1.82 bits per heavy atom. The van der Waals surface area contributed by atoms with Gasteiger partial charge in [0.25, 0.3) is 0 Å². The molecule has 1 saturated heterocycles. The second-order valence-corrected chi connectivity index (χ2v) is 7.74. The fourth-order valence-electron chi connectivity index (χ4n) is 3.77. The minimum absolute atomic E-state index is 0.0986. The molecular formula is C23H21FN8O2. The third-order valence-corrected chi connectivity index (χ3v) is 5.38. The number of halogens is 1. The van der Waals surface area contributed by atoms with Crippen molar-refractivity contribution in [2.24, 2.45) is 0 Å². The molecule has 1 aliphatic rings. The summed E-state index contributed by atoms with van der Waals surface area (Å²) in [5, 5.41) is 2.51. The fourth-order valence-corrected chi connectivity index (χ4v) is 3.77. The van der Waals surface area contributed by atoms with Crippen LogP contribution in [-0.2, 0) is 9.53 Å². The van der Waals surface area contributed by atoms with E-state index < -0.39 is 5.82 Å². The van der Waals surface area contributed by atoms with Gasteiger partial charge in [0.1, 0.15) is 5.52 Å². The lowest BCUT2D eigenvalue weighted by Crippen LogP contribution is -2.37. The molecule has 34 heavy (non-hydrogen) atoms. The molecule has 0 unspecified atom stereocenters. The Balaban J connectivity index is 1.66. The standard InChI is InChI=1S/C23H21FN8O2/c1-13(33)29-17-4-2-3-16(19(17)24)14-9-18-20(26-10-14)22(32-5-7-34-8-6-32)31-21(30-18)15-11-27-23(25)28-12-15/h2-4,9-12H,5-8H2,1H3,(H,29,33)(H2,25,27,28). The first kappa shape index (κ1) is 21.6. The SMILES string of the molecule is CC(=O)Nc1cccc(-c2cnc3c(N4CCOCC4)nc(-c4cnc(N)nc4)nc3c2)c1F. The van der Waals surface area contributed by atoms with Crippen LogP contribution in [0.25, 0.3) is 33.5 Å². The van der Waals surface area contributed by atoms with Gasteiger partial charge in [0.15, 0.2) is 17.5 Å². The van der Waals surface area contributed by atoms with Crippen molar-refractivity contribution in [2.75, 3.05) is 42.3 Å². The van der Waals surface area contributed by atoms with E-state index in [1.807, 2.05) is 0 Å². The van der Waals surface area contributed by atoms with Crippen molar-refractivity contribution in [2.45, 2.75) is 6.92 Å². The van der Waals surface area contributed by atoms with Crippen LogP contribution in [0.3, 0.4) is 0 Å². The number of ether oxygens (including phenoxy) is 1. The molecule has 10 nitrogen and oxygen atoms in total. The number of aromatic nitrogens is 5. The number of morpholine rings is 1. The molecule has 3 N–H and O–H groups in total. The van der Waals surface area contributed by atoms with Crippen molar-refractivity contribution in [3.05, 3.63) is 48.7 Å². The van der Waals surface area contributed by atoms with E-state index in [1.165, 1.54) is 13.0 Å². The van der Waals surface area contributed by atoms with Crippen molar-refractivity contribution in [1.29, 1.82) is 0 Å². The highest BCUT2D eigenvalue weighted by Gasteiger charge is 2.20. The number of pyridine rings is 1. The van der Waals surface area contributed by atoms with Gasteiger partial charge in [-0.1, -0.05) is 12.1 Å². The zero-order valence-electron chi connectivity index (χ0n) is 18.3. The molecule has 0 radical (unpaired) electrons. The molecule has 0 aliphatic carbocycles. The average molecular weight is 460 g/mol. The van der Waals surface area contributed by atoms with Crippen LogP contribution in [0.15, 0.2) is 42.9 Å². The number of anilines is 3. The molecule has 1 amide bonds. The Morgan fingerprint density at radius 1 is 1.09 bits per heavy atom. The van der Waals surface area contributed by atoms with Crippen molar-refractivity contribution in [3.8, 4) is 22.5 Å². The quantitative estimate of drug-likeness (QED) is 0.472. The van der Waals surface area contributed by atoms with Crippen molar-refractivity contribution < 1.29 is 13.9 Å². The number of carbonyl (C=O) groups excluding carboxylic acids is 1. The minimum Gasteiger partial charge on any atom is -0.378 e. The van der Waals surface area contributed by atoms with Crippen molar-refractivity contribution in [3.63, 3.8) is 0 Å². The molecule has 172 valence electrons. The minimum atomic E-state index is -0.548. The van der Waals surface area contributed by atoms with Gasteiger partial charge in [-0.3, -0.25) is 9.78 Å². The molecule has 1 aromatic carbocycles. The van der Waals surface area contributed by atoms with Gasteiger partial charge in [0.2, 0.25) is 11.9 Å². The van der Waals surface area contributed by atoms with E-state index in [0.717, 1.165) is 0 Å². The van der Waals surface area contributed by atoms with Crippen molar-refractivity contribution in [1.82, 2.24) is 24.9 Å². The summed E-state index contributed by atoms with van der Waals surface area (Å²) in [5.74, 6) is 0.301. The van der Waals surface area contributed by atoms with Gasteiger partial charge in [-0.05, 0) is 12.1 Å². The monoisotopic (exact) mass is 460 g/mol. The number of nitrogens with one attached hydrogen (secondary N) is 1. The zero-order valence-corrected chi connectivity index (χ0v) is 18.3. The number of rotatable bonds is 4. The first-order valence-corrected chi connectivity index (χ1v) is 10.6. The van der Waals surface area contributed by atoms with Gasteiger partial charge in [0, 0.05) is 49.7 Å². The average Bonchev–Trinajstić information content (AvgIpc) is 2.85. The van der Waals surface area contributed by atoms with Gasteiger partial charge in [-0.15, -0.1) is 0 Å². The van der Waals surface area contributed by atoms with Gasteiger partial charge < -0.3 is 20.7 Å². The highest BCUT2D eigenvalue weighted by Crippen LogP contribution is 2.32. The molecule has 1 fully saturated rings. The Labute approximate surface area is 194 Å². The predicted octanol–water partition coefficient (Wildman–Crippen LogP) is 2.67.